The highest BCUT2D eigenvalue weighted by atomic mass is 19.1. The summed E-state index contributed by atoms with van der Waals surface area (Å²) in [5.74, 6) is 0.189. The highest BCUT2D eigenvalue weighted by molar-refractivity contribution is 5.34. The molecule has 0 bridgehead atoms. The predicted molar refractivity (Wildman–Crippen MR) is 93.1 cm³/mol. The molecule has 25 heavy (non-hydrogen) atoms. The Hall–Kier alpha value is -1.45. The van der Waals surface area contributed by atoms with Crippen molar-refractivity contribution >= 4 is 0 Å². The van der Waals surface area contributed by atoms with E-state index in [-0.39, 0.29) is 5.92 Å². The van der Waals surface area contributed by atoms with Crippen molar-refractivity contribution < 1.29 is 17.9 Å². The topological polar surface area (TPSA) is 9.23 Å². The third-order valence-electron chi connectivity index (χ3n) is 6.20. The summed E-state index contributed by atoms with van der Waals surface area (Å²) in [7, 11) is 0. The minimum atomic E-state index is -1.21. The summed E-state index contributed by atoms with van der Waals surface area (Å²) in [6.07, 6.45) is 9.53. The van der Waals surface area contributed by atoms with Gasteiger partial charge in [0.15, 0.2) is 11.6 Å². The molecule has 1 aromatic rings. The summed E-state index contributed by atoms with van der Waals surface area (Å²) >= 11 is 0. The van der Waals surface area contributed by atoms with Crippen molar-refractivity contribution in [3.05, 3.63) is 41.9 Å². The van der Waals surface area contributed by atoms with E-state index in [4.69, 9.17) is 0 Å². The monoisotopic (exact) mass is 352 g/mol. The molecule has 1 aromatic carbocycles. The van der Waals surface area contributed by atoms with Gasteiger partial charge in [-0.05, 0) is 86.5 Å². The maximum atomic E-state index is 14.1. The maximum absolute atomic E-state index is 14.1. The van der Waals surface area contributed by atoms with E-state index in [1.807, 2.05) is 0 Å². The van der Waals surface area contributed by atoms with Gasteiger partial charge in [-0.1, -0.05) is 19.8 Å². The summed E-state index contributed by atoms with van der Waals surface area (Å²) in [5.41, 5.74) is 0.655. The lowest BCUT2D eigenvalue weighted by molar-refractivity contribution is 0.165. The molecule has 0 atom stereocenters. The van der Waals surface area contributed by atoms with Gasteiger partial charge in [-0.15, -0.1) is 0 Å². The molecule has 3 rings (SSSR count). The van der Waals surface area contributed by atoms with Crippen LogP contribution in [-0.4, -0.2) is 0 Å². The molecule has 0 saturated heterocycles. The first kappa shape index (κ1) is 18.3. The van der Waals surface area contributed by atoms with Gasteiger partial charge in [-0.25, -0.2) is 8.78 Å². The Kier molecular flexibility index (Phi) is 5.75. The molecule has 0 aliphatic heterocycles. The number of benzene rings is 1. The highest BCUT2D eigenvalue weighted by Crippen LogP contribution is 2.44. The smallest absolute Gasteiger partial charge is 0.270 e. The van der Waals surface area contributed by atoms with Gasteiger partial charge in [0.2, 0.25) is 5.75 Å². The van der Waals surface area contributed by atoms with Crippen LogP contribution >= 0.6 is 0 Å². The molecule has 2 saturated carbocycles. The highest BCUT2D eigenvalue weighted by Gasteiger charge is 2.31. The van der Waals surface area contributed by atoms with Crippen molar-refractivity contribution in [2.24, 2.45) is 17.8 Å². The fraction of sp³-hybridized carbons (Fsp3) is 0.619. The Labute approximate surface area is 148 Å². The van der Waals surface area contributed by atoms with E-state index in [9.17, 15) is 13.2 Å². The third kappa shape index (κ3) is 4.39. The van der Waals surface area contributed by atoms with Gasteiger partial charge in [0.1, 0.15) is 0 Å². The SMILES string of the molecule is C=C(F)Oc1c(F)cc(C2CCC(C3CCC(C)CC3)CC2)cc1F. The van der Waals surface area contributed by atoms with Crippen molar-refractivity contribution in [1.82, 2.24) is 0 Å². The minimum absolute atomic E-state index is 0.172. The molecule has 0 spiro atoms. The minimum Gasteiger partial charge on any atom is -0.426 e. The summed E-state index contributed by atoms with van der Waals surface area (Å²) in [6.45, 7) is 5.22. The lowest BCUT2D eigenvalue weighted by Gasteiger charge is -2.37. The van der Waals surface area contributed by atoms with Crippen LogP contribution in [0.15, 0.2) is 24.7 Å². The van der Waals surface area contributed by atoms with Crippen LogP contribution in [0.2, 0.25) is 0 Å². The van der Waals surface area contributed by atoms with Gasteiger partial charge >= 0.3 is 0 Å². The summed E-state index contributed by atoms with van der Waals surface area (Å²) in [6, 6.07) is 1.36. The number of hydrogen-bond donors (Lipinski definition) is 0. The van der Waals surface area contributed by atoms with Gasteiger partial charge in [-0.3, -0.25) is 0 Å². The zero-order valence-electron chi connectivity index (χ0n) is 14.9. The summed E-state index contributed by atoms with van der Waals surface area (Å²) < 4.78 is 45.2. The van der Waals surface area contributed by atoms with E-state index in [0.717, 1.165) is 43.4 Å². The zero-order chi connectivity index (χ0) is 18.0. The van der Waals surface area contributed by atoms with E-state index < -0.39 is 23.4 Å². The van der Waals surface area contributed by atoms with E-state index in [2.05, 4.69) is 18.2 Å². The zero-order valence-corrected chi connectivity index (χ0v) is 14.9. The second-order valence-electron chi connectivity index (χ2n) is 7.90. The molecule has 1 nitrogen and oxygen atoms in total. The number of ether oxygens (including phenoxy) is 1. The average Bonchev–Trinajstić information content (AvgIpc) is 2.59. The molecule has 0 heterocycles. The van der Waals surface area contributed by atoms with E-state index in [0.29, 0.717) is 5.56 Å². The first-order valence-electron chi connectivity index (χ1n) is 9.45. The molecule has 0 N–H and O–H groups in total. The lowest BCUT2D eigenvalue weighted by Crippen LogP contribution is -2.24. The second kappa shape index (κ2) is 7.84. The predicted octanol–water partition coefficient (Wildman–Crippen LogP) is 6.88. The molecule has 0 amide bonds. The quantitative estimate of drug-likeness (QED) is 0.536. The van der Waals surface area contributed by atoms with Crippen LogP contribution in [-0.2, 0) is 0 Å². The molecule has 2 aliphatic carbocycles. The Morgan fingerprint density at radius 1 is 0.920 bits per heavy atom. The summed E-state index contributed by atoms with van der Waals surface area (Å²) in [4.78, 5) is 0. The molecule has 138 valence electrons. The van der Waals surface area contributed by atoms with Crippen molar-refractivity contribution in [3.63, 3.8) is 0 Å². The van der Waals surface area contributed by atoms with Gasteiger partial charge < -0.3 is 4.74 Å². The van der Waals surface area contributed by atoms with Crippen LogP contribution in [0.1, 0.15) is 69.8 Å². The van der Waals surface area contributed by atoms with Crippen LogP contribution in [0.5, 0.6) is 5.75 Å². The van der Waals surface area contributed by atoms with E-state index >= 15 is 0 Å². The van der Waals surface area contributed by atoms with Crippen LogP contribution in [0.4, 0.5) is 13.2 Å². The number of halogens is 3. The molecule has 0 unspecified atom stereocenters. The standard InChI is InChI=1S/C21H27F3O/c1-13-3-5-15(6-4-13)16-7-9-17(10-8-16)18-11-19(23)21(20(24)12-18)25-14(2)22/h11-13,15-17H,2-10H2,1H3. The lowest BCUT2D eigenvalue weighted by atomic mass is 9.68. The first-order chi connectivity index (χ1) is 11.9. The Morgan fingerprint density at radius 2 is 1.40 bits per heavy atom. The Bertz CT molecular complexity index is 589. The van der Waals surface area contributed by atoms with Gasteiger partial charge in [-0.2, -0.15) is 4.39 Å². The molecular weight excluding hydrogens is 325 g/mol. The molecule has 2 fully saturated rings. The average molecular weight is 352 g/mol. The third-order valence-corrected chi connectivity index (χ3v) is 6.20. The largest absolute Gasteiger partial charge is 0.426 e. The van der Waals surface area contributed by atoms with Crippen molar-refractivity contribution in [2.45, 2.75) is 64.2 Å². The molecular formula is C21H27F3O. The molecule has 2 aliphatic rings. The molecule has 0 aromatic heterocycles. The normalized spacial score (nSPS) is 30.1. The van der Waals surface area contributed by atoms with Crippen LogP contribution in [0.25, 0.3) is 0 Å². The fourth-order valence-electron chi connectivity index (χ4n) is 4.70. The van der Waals surface area contributed by atoms with E-state index in [1.165, 1.54) is 37.8 Å². The Morgan fingerprint density at radius 3 is 1.88 bits per heavy atom. The van der Waals surface area contributed by atoms with Gasteiger partial charge in [0, 0.05) is 0 Å². The second-order valence-corrected chi connectivity index (χ2v) is 7.90. The van der Waals surface area contributed by atoms with Crippen molar-refractivity contribution in [1.29, 1.82) is 0 Å². The van der Waals surface area contributed by atoms with Crippen molar-refractivity contribution in [2.75, 3.05) is 0 Å². The number of hydrogen-bond acceptors (Lipinski definition) is 1. The maximum Gasteiger partial charge on any atom is 0.270 e. The fourth-order valence-corrected chi connectivity index (χ4v) is 4.70. The van der Waals surface area contributed by atoms with Crippen LogP contribution in [0, 0.1) is 29.4 Å². The van der Waals surface area contributed by atoms with E-state index in [1.54, 1.807) is 0 Å². The van der Waals surface area contributed by atoms with Gasteiger partial charge in [0.05, 0.1) is 0 Å². The summed E-state index contributed by atoms with van der Waals surface area (Å²) in [5, 5.41) is 0. The Balaban J connectivity index is 1.62. The van der Waals surface area contributed by atoms with Crippen LogP contribution in [0.3, 0.4) is 0 Å². The molecule has 4 heteroatoms. The van der Waals surface area contributed by atoms with Gasteiger partial charge in [0.25, 0.3) is 6.01 Å². The van der Waals surface area contributed by atoms with Crippen molar-refractivity contribution in [3.8, 4) is 5.75 Å². The molecule has 0 radical (unpaired) electrons. The number of rotatable bonds is 4. The first-order valence-corrected chi connectivity index (χ1v) is 9.45. The van der Waals surface area contributed by atoms with Crippen LogP contribution < -0.4 is 4.74 Å².